The number of allylic oxidation sites excluding steroid dienone is 1. The average molecular weight is 771 g/mol. The Hall–Kier alpha value is -4.47. The van der Waals surface area contributed by atoms with E-state index in [1.165, 1.54) is 12.0 Å². The Morgan fingerprint density at radius 1 is 0.963 bits per heavy atom. The highest BCUT2D eigenvalue weighted by atomic mass is 32.2. The standard InChI is InChI=1S/C38H50N4O11S/c1-37(2,3)53-35(47)39-30-11-9-7-5-6-8-10-25-19-38(25,34(46)41-54(49,50)27-14-15-27)40-32(44)29-18-26(17-28(29)31(30)43)52-36(48)42-20-23-13-12-22(33(45)51-4)16-24(23)21-42/h8,10,12-13,16,25-30H,5-7,9,11,14-15,17-21H2,1-4H3,(H,39,47)(H,40,44)(H,41,46)/b10-8-/t25-,26-,28?,29+,30-,38+/m0/s1. The van der Waals surface area contributed by atoms with Crippen LogP contribution in [-0.2, 0) is 51.7 Å². The summed E-state index contributed by atoms with van der Waals surface area (Å²) >= 11 is 0. The minimum absolute atomic E-state index is 0.0129. The van der Waals surface area contributed by atoms with E-state index in [2.05, 4.69) is 15.4 Å². The van der Waals surface area contributed by atoms with Crippen molar-refractivity contribution in [1.29, 1.82) is 0 Å². The van der Waals surface area contributed by atoms with Crippen molar-refractivity contribution in [3.63, 3.8) is 0 Å². The molecule has 1 aromatic rings. The maximum absolute atomic E-state index is 14.4. The molecular weight excluding hydrogens is 721 g/mol. The number of nitrogens with one attached hydrogen (secondary N) is 3. The summed E-state index contributed by atoms with van der Waals surface area (Å²) in [5.41, 5.74) is -0.413. The van der Waals surface area contributed by atoms with Gasteiger partial charge in [0.1, 0.15) is 17.2 Å². The lowest BCUT2D eigenvalue weighted by Gasteiger charge is -2.27. The van der Waals surface area contributed by atoms with Gasteiger partial charge in [0.15, 0.2) is 5.78 Å². The van der Waals surface area contributed by atoms with Gasteiger partial charge in [-0.25, -0.2) is 22.8 Å². The predicted molar refractivity (Wildman–Crippen MR) is 193 cm³/mol. The Morgan fingerprint density at radius 3 is 2.39 bits per heavy atom. The first-order valence-corrected chi connectivity index (χ1v) is 20.3. The van der Waals surface area contributed by atoms with Crippen molar-refractivity contribution in [2.24, 2.45) is 17.8 Å². The van der Waals surface area contributed by atoms with Gasteiger partial charge < -0.3 is 24.8 Å². The number of sulfonamides is 1. The van der Waals surface area contributed by atoms with Crippen LogP contribution >= 0.6 is 0 Å². The normalized spacial score (nSPS) is 29.2. The lowest BCUT2D eigenvalue weighted by molar-refractivity contribution is -0.136. The molecule has 2 heterocycles. The third-order valence-electron chi connectivity index (χ3n) is 10.8. The molecule has 54 heavy (non-hydrogen) atoms. The Balaban J connectivity index is 1.24. The summed E-state index contributed by atoms with van der Waals surface area (Å²) in [5.74, 6) is -4.90. The fourth-order valence-electron chi connectivity index (χ4n) is 7.70. The van der Waals surface area contributed by atoms with Crippen LogP contribution in [0.1, 0.15) is 106 Å². The smallest absolute Gasteiger partial charge is 0.410 e. The van der Waals surface area contributed by atoms with E-state index in [-0.39, 0.29) is 32.4 Å². The van der Waals surface area contributed by atoms with Gasteiger partial charge in [0.25, 0.3) is 5.91 Å². The van der Waals surface area contributed by atoms with Crippen molar-refractivity contribution in [3.05, 3.63) is 47.0 Å². The van der Waals surface area contributed by atoms with Crippen molar-refractivity contribution in [1.82, 2.24) is 20.3 Å². The molecule has 6 atom stereocenters. The number of nitrogens with zero attached hydrogens (tertiary/aromatic N) is 1. The number of Topliss-reactive ketones (excluding diaryl/α,β-unsaturated/α-hetero) is 1. The van der Waals surface area contributed by atoms with E-state index in [9.17, 15) is 37.2 Å². The van der Waals surface area contributed by atoms with Gasteiger partial charge in [-0.15, -0.1) is 0 Å². The molecule has 3 aliphatic carbocycles. The monoisotopic (exact) mass is 770 g/mol. The number of alkyl carbamates (subject to hydrolysis) is 1. The van der Waals surface area contributed by atoms with Crippen LogP contribution in [0.4, 0.5) is 9.59 Å². The molecule has 15 nitrogen and oxygen atoms in total. The van der Waals surface area contributed by atoms with Crippen LogP contribution in [0.3, 0.4) is 0 Å². The van der Waals surface area contributed by atoms with E-state index in [0.29, 0.717) is 37.7 Å². The Bertz CT molecular complexity index is 1840. The van der Waals surface area contributed by atoms with E-state index in [0.717, 1.165) is 24.0 Å². The molecule has 0 aromatic heterocycles. The van der Waals surface area contributed by atoms with Crippen LogP contribution in [-0.4, -0.2) is 84.7 Å². The molecule has 2 aliphatic heterocycles. The fraction of sp³-hybridized carbons (Fsp3) is 0.632. The molecule has 0 saturated heterocycles. The number of esters is 1. The molecule has 0 bridgehead atoms. The van der Waals surface area contributed by atoms with Crippen molar-refractivity contribution in [3.8, 4) is 0 Å². The van der Waals surface area contributed by atoms with Gasteiger partial charge in [-0.2, -0.15) is 0 Å². The third-order valence-corrected chi connectivity index (χ3v) is 12.6. The number of amides is 4. The highest BCUT2D eigenvalue weighted by molar-refractivity contribution is 7.91. The summed E-state index contributed by atoms with van der Waals surface area (Å²) in [6, 6.07) is 4.04. The van der Waals surface area contributed by atoms with Crippen LogP contribution < -0.4 is 15.4 Å². The van der Waals surface area contributed by atoms with Gasteiger partial charge in [0.05, 0.1) is 29.9 Å². The molecule has 16 heteroatoms. The zero-order valence-corrected chi connectivity index (χ0v) is 32.0. The molecule has 3 N–H and O–H groups in total. The second-order valence-electron chi connectivity index (χ2n) is 16.1. The third kappa shape index (κ3) is 8.90. The zero-order chi connectivity index (χ0) is 39.0. The number of carbonyl (C=O) groups is 6. The number of fused-ring (bicyclic) bond motifs is 3. The SMILES string of the molecule is COC(=O)c1ccc2c(c1)CN(C(=O)O[C@H]1CC3C(=O)[C@@H](NC(=O)OC(C)(C)C)CCCCC/C=C\[C@H]4C[C@@]4(C(=O)NS(=O)(=O)C4CC4)NC(=O)[C@@H]3C1)C2. The number of ether oxygens (including phenoxy) is 3. The first-order valence-electron chi connectivity index (χ1n) is 18.7. The lowest BCUT2D eigenvalue weighted by atomic mass is 9.86. The van der Waals surface area contributed by atoms with Gasteiger partial charge in [-0.1, -0.05) is 31.1 Å². The number of rotatable bonds is 6. The second-order valence-corrected chi connectivity index (χ2v) is 18.1. The first-order chi connectivity index (χ1) is 25.5. The van der Waals surface area contributed by atoms with E-state index >= 15 is 0 Å². The molecule has 3 fully saturated rings. The molecule has 3 saturated carbocycles. The topological polar surface area (TPSA) is 204 Å². The van der Waals surface area contributed by atoms with Crippen LogP contribution in [0, 0.1) is 17.8 Å². The van der Waals surface area contributed by atoms with Crippen molar-refractivity contribution < 1.29 is 51.4 Å². The van der Waals surface area contributed by atoms with Crippen LogP contribution in [0.25, 0.3) is 0 Å². The van der Waals surface area contributed by atoms with Gasteiger partial charge >= 0.3 is 18.2 Å². The second kappa shape index (κ2) is 15.3. The molecule has 4 amide bonds. The van der Waals surface area contributed by atoms with Gasteiger partial charge in [-0.05, 0) is 95.4 Å². The van der Waals surface area contributed by atoms with Gasteiger partial charge in [0.2, 0.25) is 15.9 Å². The highest BCUT2D eigenvalue weighted by Crippen LogP contribution is 2.47. The number of methoxy groups -OCH3 is 1. The summed E-state index contributed by atoms with van der Waals surface area (Å²) in [6.07, 6.45) is 5.56. The van der Waals surface area contributed by atoms with E-state index < -0.39 is 92.1 Å². The molecule has 1 aromatic carbocycles. The summed E-state index contributed by atoms with van der Waals surface area (Å²) < 4.78 is 44.0. The minimum Gasteiger partial charge on any atom is -0.465 e. The van der Waals surface area contributed by atoms with E-state index in [1.54, 1.807) is 39.0 Å². The summed E-state index contributed by atoms with van der Waals surface area (Å²) in [5, 5.41) is 4.91. The predicted octanol–water partition coefficient (Wildman–Crippen LogP) is 3.79. The van der Waals surface area contributed by atoms with Crippen LogP contribution in [0.2, 0.25) is 0 Å². The summed E-state index contributed by atoms with van der Waals surface area (Å²) in [7, 11) is -2.63. The largest absolute Gasteiger partial charge is 0.465 e. The summed E-state index contributed by atoms with van der Waals surface area (Å²) in [4.78, 5) is 82.3. The van der Waals surface area contributed by atoms with Gasteiger partial charge in [-0.3, -0.25) is 24.0 Å². The first kappa shape index (κ1) is 39.2. The van der Waals surface area contributed by atoms with Crippen molar-refractivity contribution >= 4 is 45.8 Å². The van der Waals surface area contributed by atoms with Crippen molar-refractivity contribution in [2.45, 2.75) is 127 Å². The molecular formula is C38H50N4O11S. The quantitative estimate of drug-likeness (QED) is 0.216. The van der Waals surface area contributed by atoms with E-state index in [1.807, 2.05) is 12.2 Å². The summed E-state index contributed by atoms with van der Waals surface area (Å²) in [6.45, 7) is 5.53. The number of hydrogen-bond donors (Lipinski definition) is 3. The number of hydrogen-bond acceptors (Lipinski definition) is 11. The Morgan fingerprint density at radius 2 is 1.69 bits per heavy atom. The fourth-order valence-corrected chi connectivity index (χ4v) is 9.06. The van der Waals surface area contributed by atoms with Gasteiger partial charge in [0, 0.05) is 24.9 Å². The Labute approximate surface area is 315 Å². The highest BCUT2D eigenvalue weighted by Gasteiger charge is 2.62. The molecule has 0 radical (unpaired) electrons. The number of carbonyl (C=O) groups excluding carboxylic acids is 6. The lowest BCUT2D eigenvalue weighted by Crippen LogP contribution is -2.54. The van der Waals surface area contributed by atoms with E-state index in [4.69, 9.17) is 14.2 Å². The molecule has 294 valence electrons. The van der Waals surface area contributed by atoms with Crippen molar-refractivity contribution in [2.75, 3.05) is 7.11 Å². The number of benzene rings is 1. The Kier molecular flexibility index (Phi) is 11.1. The molecule has 5 aliphatic rings. The van der Waals surface area contributed by atoms with Crippen LogP contribution in [0.5, 0.6) is 0 Å². The molecule has 1 unspecified atom stereocenters. The maximum Gasteiger partial charge on any atom is 0.410 e. The van der Waals surface area contributed by atoms with Crippen LogP contribution in [0.15, 0.2) is 30.4 Å². The maximum atomic E-state index is 14.4. The average Bonchev–Trinajstić information content (AvgIpc) is 3.99. The molecule has 0 spiro atoms. The minimum atomic E-state index is -3.91. The molecule has 6 rings (SSSR count). The zero-order valence-electron chi connectivity index (χ0n) is 31.2. The number of ketones is 1.